The molecule has 11 aromatic carbocycles. The topological polar surface area (TPSA) is 16.4 Å². The van der Waals surface area contributed by atoms with Gasteiger partial charge in [-0.2, -0.15) is 0 Å². The lowest BCUT2D eigenvalue weighted by molar-refractivity contribution is 0.636. The van der Waals surface area contributed by atoms with Crippen LogP contribution < -0.4 is 4.90 Å². The molecule has 1 aromatic heterocycles. The van der Waals surface area contributed by atoms with Crippen molar-refractivity contribution in [2.45, 2.75) is 0 Å². The molecular formula is C64H43NO. The van der Waals surface area contributed by atoms with Crippen molar-refractivity contribution in [3.8, 4) is 67.0 Å². The van der Waals surface area contributed by atoms with Gasteiger partial charge in [0.25, 0.3) is 0 Å². The van der Waals surface area contributed by atoms with Crippen LogP contribution in [0.15, 0.2) is 265 Å². The standard InChI is InChI=1S/C64H43NO/c1-6-16-44(17-7-1)47-26-34-54(35-27-47)65(55-36-28-48(29-37-55)45-18-8-2-9-19-45)56-38-30-49(31-39-56)53-33-41-58-57-40-32-52(46-20-10-3-11-21-46)42-59(57)62-61(50-22-12-4-13-23-50)63(51-24-14-5-15-25-51)66-64(62)60(58)43-53/h1-43H. The predicted molar refractivity (Wildman–Crippen MR) is 279 cm³/mol. The molecule has 0 atom stereocenters. The zero-order valence-corrected chi connectivity index (χ0v) is 36.2. The van der Waals surface area contributed by atoms with Gasteiger partial charge in [-0.05, 0) is 115 Å². The van der Waals surface area contributed by atoms with Gasteiger partial charge < -0.3 is 9.32 Å². The summed E-state index contributed by atoms with van der Waals surface area (Å²) in [6, 6.07) is 93.5. The zero-order chi connectivity index (χ0) is 43.8. The SMILES string of the molecule is c1ccc(-c2ccc(N(c3ccc(-c4ccccc4)cc3)c3ccc(-c4ccc5c6ccc(-c7ccccc7)cc6c6c(-c7ccccc7)c(-c7ccccc7)oc6c5c4)cc3)cc2)cc1. The van der Waals surface area contributed by atoms with E-state index in [9.17, 15) is 0 Å². The minimum Gasteiger partial charge on any atom is -0.455 e. The highest BCUT2D eigenvalue weighted by atomic mass is 16.3. The number of hydrogen-bond donors (Lipinski definition) is 0. The Morgan fingerprint density at radius 1 is 0.242 bits per heavy atom. The lowest BCUT2D eigenvalue weighted by Crippen LogP contribution is -2.09. The van der Waals surface area contributed by atoms with Crippen molar-refractivity contribution in [3.63, 3.8) is 0 Å². The number of furan rings is 1. The van der Waals surface area contributed by atoms with Crippen LogP contribution in [0, 0.1) is 0 Å². The van der Waals surface area contributed by atoms with Crippen molar-refractivity contribution >= 4 is 49.6 Å². The summed E-state index contributed by atoms with van der Waals surface area (Å²) in [4.78, 5) is 2.34. The van der Waals surface area contributed by atoms with Gasteiger partial charge in [-0.1, -0.05) is 212 Å². The maximum Gasteiger partial charge on any atom is 0.143 e. The van der Waals surface area contributed by atoms with Crippen molar-refractivity contribution in [2.75, 3.05) is 4.90 Å². The van der Waals surface area contributed by atoms with E-state index in [0.29, 0.717) is 0 Å². The lowest BCUT2D eigenvalue weighted by atomic mass is 9.89. The summed E-state index contributed by atoms with van der Waals surface area (Å²) in [7, 11) is 0. The molecule has 2 nitrogen and oxygen atoms in total. The van der Waals surface area contributed by atoms with Crippen LogP contribution in [0.3, 0.4) is 0 Å². The lowest BCUT2D eigenvalue weighted by Gasteiger charge is -2.26. The van der Waals surface area contributed by atoms with Gasteiger partial charge in [0.15, 0.2) is 0 Å². The minimum atomic E-state index is 0.874. The van der Waals surface area contributed by atoms with Gasteiger partial charge in [0.2, 0.25) is 0 Å². The van der Waals surface area contributed by atoms with E-state index in [-0.39, 0.29) is 0 Å². The maximum absolute atomic E-state index is 7.21. The zero-order valence-electron chi connectivity index (χ0n) is 36.2. The second kappa shape index (κ2) is 16.8. The molecule has 0 aliphatic carbocycles. The van der Waals surface area contributed by atoms with Crippen LogP contribution in [0.1, 0.15) is 0 Å². The average Bonchev–Trinajstić information content (AvgIpc) is 3.82. The van der Waals surface area contributed by atoms with E-state index in [2.05, 4.69) is 266 Å². The Balaban J connectivity index is 1.00. The Bertz CT molecular complexity index is 3540. The van der Waals surface area contributed by atoms with Crippen LogP contribution in [0.4, 0.5) is 17.1 Å². The van der Waals surface area contributed by atoms with Gasteiger partial charge in [-0.15, -0.1) is 0 Å². The Morgan fingerprint density at radius 2 is 0.561 bits per heavy atom. The molecule has 0 spiro atoms. The molecule has 310 valence electrons. The highest BCUT2D eigenvalue weighted by Gasteiger charge is 2.24. The summed E-state index contributed by atoms with van der Waals surface area (Å²) in [5.41, 5.74) is 16.8. The van der Waals surface area contributed by atoms with Gasteiger partial charge in [0.05, 0.1) is 0 Å². The van der Waals surface area contributed by atoms with E-state index in [4.69, 9.17) is 4.42 Å². The first kappa shape index (κ1) is 38.9. The molecule has 0 unspecified atom stereocenters. The number of fused-ring (bicyclic) bond motifs is 6. The van der Waals surface area contributed by atoms with Gasteiger partial charge in [-0.25, -0.2) is 0 Å². The predicted octanol–water partition coefficient (Wildman–Crippen LogP) is 18.2. The molecule has 0 saturated heterocycles. The molecule has 1 heterocycles. The van der Waals surface area contributed by atoms with Crippen LogP contribution in [0.5, 0.6) is 0 Å². The largest absolute Gasteiger partial charge is 0.455 e. The molecule has 0 saturated carbocycles. The summed E-state index contributed by atoms with van der Waals surface area (Å²) in [5.74, 6) is 0.874. The fourth-order valence-electron chi connectivity index (χ4n) is 9.61. The molecule has 66 heavy (non-hydrogen) atoms. The summed E-state index contributed by atoms with van der Waals surface area (Å²) >= 11 is 0. The highest BCUT2D eigenvalue weighted by Crippen LogP contribution is 2.49. The smallest absolute Gasteiger partial charge is 0.143 e. The van der Waals surface area contributed by atoms with E-state index >= 15 is 0 Å². The number of hydrogen-bond acceptors (Lipinski definition) is 2. The Hall–Kier alpha value is -8.72. The Labute approximate surface area is 384 Å². The van der Waals surface area contributed by atoms with E-state index in [0.717, 1.165) is 72.4 Å². The van der Waals surface area contributed by atoms with E-state index < -0.39 is 0 Å². The third kappa shape index (κ3) is 7.12. The van der Waals surface area contributed by atoms with Crippen LogP contribution in [-0.4, -0.2) is 0 Å². The molecule has 12 aromatic rings. The van der Waals surface area contributed by atoms with E-state index in [1.807, 2.05) is 0 Å². The van der Waals surface area contributed by atoms with Gasteiger partial charge in [-0.3, -0.25) is 0 Å². The van der Waals surface area contributed by atoms with Crippen molar-refractivity contribution < 1.29 is 4.42 Å². The monoisotopic (exact) mass is 841 g/mol. The normalized spacial score (nSPS) is 11.3. The third-order valence-corrected chi connectivity index (χ3v) is 12.9. The molecule has 0 fully saturated rings. The van der Waals surface area contributed by atoms with Crippen LogP contribution in [0.25, 0.3) is 99.5 Å². The van der Waals surface area contributed by atoms with Crippen LogP contribution >= 0.6 is 0 Å². The minimum absolute atomic E-state index is 0.874. The van der Waals surface area contributed by atoms with Crippen molar-refractivity contribution in [2.24, 2.45) is 0 Å². The number of rotatable bonds is 9. The molecular weight excluding hydrogens is 799 g/mol. The highest BCUT2D eigenvalue weighted by molar-refractivity contribution is 6.29. The first-order chi connectivity index (χ1) is 32.7. The quantitative estimate of drug-likeness (QED) is 0.135. The molecule has 0 aliphatic rings. The third-order valence-electron chi connectivity index (χ3n) is 12.9. The average molecular weight is 842 g/mol. The van der Waals surface area contributed by atoms with Crippen LogP contribution in [0.2, 0.25) is 0 Å². The van der Waals surface area contributed by atoms with Crippen molar-refractivity contribution in [3.05, 3.63) is 261 Å². The first-order valence-electron chi connectivity index (χ1n) is 22.6. The Morgan fingerprint density at radius 3 is 1.00 bits per heavy atom. The maximum atomic E-state index is 7.21. The van der Waals surface area contributed by atoms with Crippen LogP contribution in [-0.2, 0) is 0 Å². The van der Waals surface area contributed by atoms with E-state index in [1.165, 1.54) is 44.2 Å². The van der Waals surface area contributed by atoms with Crippen molar-refractivity contribution in [1.29, 1.82) is 0 Å². The second-order valence-corrected chi connectivity index (χ2v) is 16.8. The summed E-state index contributed by atoms with van der Waals surface area (Å²) in [6.45, 7) is 0. The molecule has 0 radical (unpaired) electrons. The molecule has 0 N–H and O–H groups in total. The number of nitrogens with zero attached hydrogens (tertiary/aromatic N) is 1. The number of benzene rings is 11. The number of anilines is 3. The fourth-order valence-corrected chi connectivity index (χ4v) is 9.61. The molecule has 0 aliphatic heterocycles. The molecule has 0 amide bonds. The first-order valence-corrected chi connectivity index (χ1v) is 22.6. The summed E-state index contributed by atoms with van der Waals surface area (Å²) in [5, 5.41) is 5.75. The summed E-state index contributed by atoms with van der Waals surface area (Å²) < 4.78 is 7.21. The van der Waals surface area contributed by atoms with Gasteiger partial charge in [0.1, 0.15) is 11.3 Å². The second-order valence-electron chi connectivity index (χ2n) is 16.8. The molecule has 2 heteroatoms. The van der Waals surface area contributed by atoms with E-state index in [1.54, 1.807) is 0 Å². The Kier molecular flexibility index (Phi) is 9.89. The van der Waals surface area contributed by atoms with Crippen molar-refractivity contribution in [1.82, 2.24) is 0 Å². The molecule has 12 rings (SSSR count). The fraction of sp³-hybridized carbons (Fsp3) is 0. The van der Waals surface area contributed by atoms with Gasteiger partial charge in [0, 0.05) is 39.0 Å². The van der Waals surface area contributed by atoms with Gasteiger partial charge >= 0.3 is 0 Å². The summed E-state index contributed by atoms with van der Waals surface area (Å²) in [6.07, 6.45) is 0. The molecule has 0 bridgehead atoms.